The molecule has 2 aromatic carbocycles. The largest absolute Gasteiger partial charge is 0.491 e. The minimum Gasteiger partial charge on any atom is -0.491 e. The van der Waals surface area contributed by atoms with Crippen LogP contribution in [0.5, 0.6) is 5.75 Å². The van der Waals surface area contributed by atoms with E-state index in [0.717, 1.165) is 16.8 Å². The number of rotatable bonds is 8. The Morgan fingerprint density at radius 3 is 2.33 bits per heavy atom. The minimum absolute atomic E-state index is 0.0517. The van der Waals surface area contributed by atoms with Crippen LogP contribution in [-0.2, 0) is 14.3 Å². The molecule has 0 saturated heterocycles. The van der Waals surface area contributed by atoms with Crippen molar-refractivity contribution >= 4 is 23.1 Å². The number of anilines is 1. The third-order valence-corrected chi connectivity index (χ3v) is 4.85. The van der Waals surface area contributed by atoms with Gasteiger partial charge in [-0.1, -0.05) is 24.3 Å². The van der Waals surface area contributed by atoms with Crippen molar-refractivity contribution in [2.45, 2.75) is 33.8 Å². The molecule has 2 aromatic rings. The van der Waals surface area contributed by atoms with Crippen molar-refractivity contribution in [3.63, 3.8) is 0 Å². The van der Waals surface area contributed by atoms with Gasteiger partial charge in [0.1, 0.15) is 11.4 Å². The molecule has 0 aliphatic carbocycles. The fourth-order valence-electron chi connectivity index (χ4n) is 3.32. The number of methoxy groups -OCH3 is 1. The first kappa shape index (κ1) is 21.6. The lowest BCUT2D eigenvalue weighted by Crippen LogP contribution is -2.35. The minimum atomic E-state index is -0.351. The number of benzene rings is 2. The van der Waals surface area contributed by atoms with Gasteiger partial charge < -0.3 is 14.8 Å². The van der Waals surface area contributed by atoms with Crippen molar-refractivity contribution in [3.8, 4) is 5.75 Å². The topological polar surface area (TPSA) is 67.9 Å². The summed E-state index contributed by atoms with van der Waals surface area (Å²) in [6.07, 6.45) is 0.0517. The molecular weight excluding hydrogens is 380 g/mol. The molecule has 0 fully saturated rings. The van der Waals surface area contributed by atoms with Crippen LogP contribution in [0.3, 0.4) is 0 Å². The van der Waals surface area contributed by atoms with Crippen LogP contribution in [0.25, 0.3) is 5.57 Å². The van der Waals surface area contributed by atoms with E-state index in [1.54, 1.807) is 7.11 Å². The Kier molecular flexibility index (Phi) is 6.57. The van der Waals surface area contributed by atoms with Crippen molar-refractivity contribution in [1.82, 2.24) is 4.90 Å². The fraction of sp³-hybridized carbons (Fsp3) is 0.333. The first-order chi connectivity index (χ1) is 14.3. The fourth-order valence-corrected chi connectivity index (χ4v) is 3.32. The van der Waals surface area contributed by atoms with Crippen molar-refractivity contribution in [1.29, 1.82) is 0 Å². The number of hydrogen-bond donors (Lipinski definition) is 1. The highest BCUT2D eigenvalue weighted by molar-refractivity contribution is 6.36. The zero-order valence-electron chi connectivity index (χ0n) is 18.1. The molecule has 6 heteroatoms. The van der Waals surface area contributed by atoms with Crippen LogP contribution in [0.2, 0.25) is 0 Å². The summed E-state index contributed by atoms with van der Waals surface area (Å²) in [6.45, 7) is 8.34. The van der Waals surface area contributed by atoms with E-state index in [4.69, 9.17) is 9.47 Å². The molecule has 0 unspecified atom stereocenters. The molecule has 3 rings (SSSR count). The number of amides is 2. The monoisotopic (exact) mass is 408 g/mol. The average molecular weight is 408 g/mol. The van der Waals surface area contributed by atoms with Gasteiger partial charge >= 0.3 is 0 Å². The average Bonchev–Trinajstić information content (AvgIpc) is 2.93. The number of carbonyl (C=O) groups is 2. The summed E-state index contributed by atoms with van der Waals surface area (Å²) in [5.41, 5.74) is 4.15. The number of nitrogens with zero attached hydrogens (tertiary/aromatic N) is 1. The van der Waals surface area contributed by atoms with Gasteiger partial charge in [0.05, 0.1) is 24.8 Å². The molecule has 6 nitrogen and oxygen atoms in total. The van der Waals surface area contributed by atoms with Crippen molar-refractivity contribution in [3.05, 3.63) is 64.9 Å². The second-order valence-electron chi connectivity index (χ2n) is 7.64. The molecule has 0 aromatic heterocycles. The van der Waals surface area contributed by atoms with E-state index in [1.165, 1.54) is 4.90 Å². The molecule has 0 spiro atoms. The molecule has 30 heavy (non-hydrogen) atoms. The van der Waals surface area contributed by atoms with Gasteiger partial charge in [0.2, 0.25) is 0 Å². The number of imide groups is 1. The van der Waals surface area contributed by atoms with Gasteiger partial charge in [0.25, 0.3) is 11.8 Å². The predicted octanol–water partition coefficient (Wildman–Crippen LogP) is 3.93. The summed E-state index contributed by atoms with van der Waals surface area (Å²) in [5.74, 6) is 0.0317. The molecular formula is C24H28N2O4. The molecule has 0 atom stereocenters. The number of carbonyl (C=O) groups excluding carboxylic acids is 2. The van der Waals surface area contributed by atoms with E-state index in [1.807, 2.05) is 70.2 Å². The van der Waals surface area contributed by atoms with E-state index in [2.05, 4.69) is 5.32 Å². The van der Waals surface area contributed by atoms with Gasteiger partial charge in [-0.25, -0.2) is 0 Å². The summed E-state index contributed by atoms with van der Waals surface area (Å²) in [7, 11) is 1.54. The molecule has 0 bridgehead atoms. The first-order valence-corrected chi connectivity index (χ1v) is 10.0. The standard InChI is InChI=1S/C24H28N2O4/c1-15(2)30-19-10-8-18(9-11-19)21-22(24(28)26(23(21)27)12-13-29-5)25-20-14-16(3)6-7-17(20)4/h6-11,14-15,25H,12-13H2,1-5H3. The lowest BCUT2D eigenvalue weighted by atomic mass is 10.0. The van der Waals surface area contributed by atoms with Gasteiger partial charge in [0, 0.05) is 12.8 Å². The van der Waals surface area contributed by atoms with Gasteiger partial charge in [-0.3, -0.25) is 14.5 Å². The van der Waals surface area contributed by atoms with Crippen LogP contribution in [0.4, 0.5) is 5.69 Å². The zero-order valence-corrected chi connectivity index (χ0v) is 18.1. The van der Waals surface area contributed by atoms with Gasteiger partial charge in [-0.15, -0.1) is 0 Å². The Morgan fingerprint density at radius 1 is 1.00 bits per heavy atom. The summed E-state index contributed by atoms with van der Waals surface area (Å²) in [5, 5.41) is 3.23. The zero-order chi connectivity index (χ0) is 21.8. The van der Waals surface area contributed by atoms with Crippen LogP contribution in [0.1, 0.15) is 30.5 Å². The van der Waals surface area contributed by atoms with Crippen molar-refractivity contribution in [2.24, 2.45) is 0 Å². The lowest BCUT2D eigenvalue weighted by molar-refractivity contribution is -0.137. The molecule has 1 heterocycles. The summed E-state index contributed by atoms with van der Waals surface area (Å²) >= 11 is 0. The molecule has 158 valence electrons. The Morgan fingerprint density at radius 2 is 1.70 bits per heavy atom. The smallest absolute Gasteiger partial charge is 0.278 e. The van der Waals surface area contributed by atoms with E-state index in [9.17, 15) is 9.59 Å². The third-order valence-electron chi connectivity index (χ3n) is 4.85. The Balaban J connectivity index is 2.03. The van der Waals surface area contributed by atoms with E-state index in [0.29, 0.717) is 16.9 Å². The maximum absolute atomic E-state index is 13.2. The molecule has 0 saturated carbocycles. The van der Waals surface area contributed by atoms with Gasteiger partial charge in [-0.2, -0.15) is 0 Å². The Hall–Kier alpha value is -3.12. The van der Waals surface area contributed by atoms with Crippen LogP contribution in [0, 0.1) is 13.8 Å². The molecule has 1 aliphatic rings. The number of hydrogen-bond acceptors (Lipinski definition) is 5. The maximum atomic E-state index is 13.2. The highest BCUT2D eigenvalue weighted by atomic mass is 16.5. The maximum Gasteiger partial charge on any atom is 0.278 e. The van der Waals surface area contributed by atoms with E-state index < -0.39 is 0 Å². The first-order valence-electron chi connectivity index (χ1n) is 10.0. The Labute approximate surface area is 177 Å². The highest BCUT2D eigenvalue weighted by Crippen LogP contribution is 2.32. The molecule has 0 radical (unpaired) electrons. The molecule has 1 aliphatic heterocycles. The summed E-state index contributed by atoms with van der Waals surface area (Å²) in [6, 6.07) is 13.2. The lowest BCUT2D eigenvalue weighted by Gasteiger charge is -2.15. The van der Waals surface area contributed by atoms with Crippen LogP contribution in [0.15, 0.2) is 48.2 Å². The van der Waals surface area contributed by atoms with Crippen molar-refractivity contribution in [2.75, 3.05) is 25.6 Å². The van der Waals surface area contributed by atoms with Crippen LogP contribution in [-0.4, -0.2) is 43.1 Å². The molecule has 2 amide bonds. The van der Waals surface area contributed by atoms with Gasteiger partial charge in [-0.05, 0) is 62.6 Å². The summed E-state index contributed by atoms with van der Waals surface area (Å²) < 4.78 is 10.8. The number of nitrogens with one attached hydrogen (secondary N) is 1. The van der Waals surface area contributed by atoms with Crippen molar-refractivity contribution < 1.29 is 19.1 Å². The third kappa shape index (κ3) is 4.54. The second-order valence-corrected chi connectivity index (χ2v) is 7.64. The predicted molar refractivity (Wildman–Crippen MR) is 117 cm³/mol. The van der Waals surface area contributed by atoms with E-state index >= 15 is 0 Å². The highest BCUT2D eigenvalue weighted by Gasteiger charge is 2.39. The Bertz CT molecular complexity index is 977. The summed E-state index contributed by atoms with van der Waals surface area (Å²) in [4.78, 5) is 27.5. The number of ether oxygens (including phenoxy) is 2. The van der Waals surface area contributed by atoms with Crippen LogP contribution >= 0.6 is 0 Å². The second kappa shape index (κ2) is 9.13. The van der Waals surface area contributed by atoms with Crippen LogP contribution < -0.4 is 10.1 Å². The van der Waals surface area contributed by atoms with Gasteiger partial charge in [0.15, 0.2) is 0 Å². The SMILES string of the molecule is COCCN1C(=O)C(Nc2cc(C)ccc2C)=C(c2ccc(OC(C)C)cc2)C1=O. The quantitative estimate of drug-likeness (QED) is 0.671. The number of aryl methyl sites for hydroxylation is 2. The normalized spacial score (nSPS) is 14.1. The van der Waals surface area contributed by atoms with E-state index in [-0.39, 0.29) is 36.8 Å². The molecule has 1 N–H and O–H groups in total.